The van der Waals surface area contributed by atoms with E-state index >= 15 is 0 Å². The van der Waals surface area contributed by atoms with Gasteiger partial charge < -0.3 is 15.0 Å². The van der Waals surface area contributed by atoms with Crippen LogP contribution in [-0.4, -0.2) is 23.0 Å². The van der Waals surface area contributed by atoms with Crippen LogP contribution in [0.5, 0.6) is 5.75 Å². The van der Waals surface area contributed by atoms with Crippen LogP contribution in [0.3, 0.4) is 0 Å². The molecule has 0 saturated heterocycles. The fourth-order valence-corrected chi connectivity index (χ4v) is 2.48. The zero-order chi connectivity index (χ0) is 15.7. The Morgan fingerprint density at radius 2 is 2.14 bits per heavy atom. The van der Waals surface area contributed by atoms with Gasteiger partial charge in [0, 0.05) is 5.02 Å². The Morgan fingerprint density at radius 3 is 2.91 bits per heavy atom. The van der Waals surface area contributed by atoms with Crippen molar-refractivity contribution in [3.8, 4) is 5.75 Å². The number of nitrogens with zero attached hydrogens (tertiary/aromatic N) is 1. The summed E-state index contributed by atoms with van der Waals surface area (Å²) in [5.41, 5.74) is 2.47. The third-order valence-corrected chi connectivity index (χ3v) is 3.52. The summed E-state index contributed by atoms with van der Waals surface area (Å²) in [7, 11) is 1.54. The van der Waals surface area contributed by atoms with Gasteiger partial charge >= 0.3 is 0 Å². The molecule has 2 N–H and O–H groups in total. The highest BCUT2D eigenvalue weighted by atomic mass is 35.5. The van der Waals surface area contributed by atoms with Gasteiger partial charge in [0.25, 0.3) is 5.91 Å². The lowest BCUT2D eigenvalue weighted by molar-refractivity contribution is 0.102. The lowest BCUT2D eigenvalue weighted by Crippen LogP contribution is -2.13. The van der Waals surface area contributed by atoms with Gasteiger partial charge in [-0.1, -0.05) is 17.7 Å². The number of rotatable bonds is 3. The van der Waals surface area contributed by atoms with Gasteiger partial charge in [0.1, 0.15) is 17.1 Å². The molecular weight excluding hydrogens is 302 g/mol. The Morgan fingerprint density at radius 1 is 1.32 bits per heavy atom. The Labute approximate surface area is 132 Å². The van der Waals surface area contributed by atoms with Crippen molar-refractivity contribution in [2.75, 3.05) is 12.4 Å². The van der Waals surface area contributed by atoms with Crippen LogP contribution < -0.4 is 10.1 Å². The molecule has 5 nitrogen and oxygen atoms in total. The maximum absolute atomic E-state index is 12.6. The first-order valence-electron chi connectivity index (χ1n) is 6.68. The molecule has 0 aliphatic rings. The third kappa shape index (κ3) is 2.63. The van der Waals surface area contributed by atoms with Gasteiger partial charge in [-0.05, 0) is 37.3 Å². The Hall–Kier alpha value is -2.53. The van der Waals surface area contributed by atoms with Crippen molar-refractivity contribution in [3.63, 3.8) is 0 Å². The number of hydrogen-bond acceptors (Lipinski definition) is 3. The molecule has 0 bridgehead atoms. The summed E-state index contributed by atoms with van der Waals surface area (Å²) in [6, 6.07) is 10.5. The number of amides is 1. The van der Waals surface area contributed by atoms with E-state index in [1.807, 2.05) is 19.1 Å². The molecule has 0 aliphatic carbocycles. The number of para-hydroxylation sites is 1. The molecule has 0 radical (unpaired) electrons. The molecule has 0 aliphatic heterocycles. The van der Waals surface area contributed by atoms with Gasteiger partial charge in [-0.15, -0.1) is 0 Å². The minimum Gasteiger partial charge on any atom is -0.495 e. The van der Waals surface area contributed by atoms with Crippen molar-refractivity contribution in [3.05, 3.63) is 52.8 Å². The Kier molecular flexibility index (Phi) is 3.73. The van der Waals surface area contributed by atoms with E-state index in [4.69, 9.17) is 16.3 Å². The second-order valence-corrected chi connectivity index (χ2v) is 5.26. The molecule has 3 aromatic rings. The third-order valence-electron chi connectivity index (χ3n) is 3.29. The van der Waals surface area contributed by atoms with Gasteiger partial charge in [-0.2, -0.15) is 0 Å². The van der Waals surface area contributed by atoms with E-state index in [1.165, 1.54) is 7.11 Å². The van der Waals surface area contributed by atoms with Gasteiger partial charge in [0.05, 0.1) is 23.9 Å². The average molecular weight is 316 g/mol. The molecule has 0 unspecified atom stereocenters. The molecule has 22 heavy (non-hydrogen) atoms. The van der Waals surface area contributed by atoms with Crippen molar-refractivity contribution >= 4 is 34.2 Å². The number of carbonyl (C=O) groups is 1. The maximum Gasteiger partial charge on any atom is 0.258 e. The second kappa shape index (κ2) is 5.69. The first-order valence-corrected chi connectivity index (χ1v) is 7.06. The Balaban J connectivity index is 1.99. The first-order chi connectivity index (χ1) is 10.6. The fourth-order valence-electron chi connectivity index (χ4n) is 2.31. The zero-order valence-corrected chi connectivity index (χ0v) is 12.9. The van der Waals surface area contributed by atoms with Crippen LogP contribution in [0.25, 0.3) is 11.0 Å². The number of aromatic amines is 1. The van der Waals surface area contributed by atoms with Crippen molar-refractivity contribution < 1.29 is 9.53 Å². The highest BCUT2D eigenvalue weighted by Gasteiger charge is 2.15. The molecule has 1 aromatic heterocycles. The largest absolute Gasteiger partial charge is 0.495 e. The summed E-state index contributed by atoms with van der Waals surface area (Å²) in [5, 5.41) is 3.34. The van der Waals surface area contributed by atoms with E-state index in [2.05, 4.69) is 15.3 Å². The van der Waals surface area contributed by atoms with Gasteiger partial charge in [-0.3, -0.25) is 4.79 Å². The number of aromatic nitrogens is 2. The lowest BCUT2D eigenvalue weighted by Gasteiger charge is -2.10. The molecule has 0 atom stereocenters. The van der Waals surface area contributed by atoms with Crippen LogP contribution in [0.2, 0.25) is 5.02 Å². The zero-order valence-electron chi connectivity index (χ0n) is 12.1. The summed E-state index contributed by atoms with van der Waals surface area (Å²) in [6.45, 7) is 1.85. The van der Waals surface area contributed by atoms with Gasteiger partial charge in [0.15, 0.2) is 0 Å². The van der Waals surface area contributed by atoms with E-state index in [0.717, 1.165) is 11.3 Å². The molecule has 0 spiro atoms. The number of benzene rings is 2. The van der Waals surface area contributed by atoms with E-state index in [1.54, 1.807) is 24.3 Å². The smallest absolute Gasteiger partial charge is 0.258 e. The number of nitrogens with one attached hydrogen (secondary N) is 2. The first kappa shape index (κ1) is 14.4. The average Bonchev–Trinajstić information content (AvgIpc) is 2.87. The minimum absolute atomic E-state index is 0.266. The molecule has 3 rings (SSSR count). The molecule has 0 fully saturated rings. The quantitative estimate of drug-likeness (QED) is 0.773. The maximum atomic E-state index is 12.6. The summed E-state index contributed by atoms with van der Waals surface area (Å²) >= 11 is 5.98. The Bertz CT molecular complexity index is 858. The highest BCUT2D eigenvalue weighted by molar-refractivity contribution is 6.31. The molecule has 2 aromatic carbocycles. The standard InChI is InChI=1S/C16H14ClN3O2/c1-9-18-12-5-3-4-11(15(12)19-9)16(21)20-13-8-10(17)6-7-14(13)22-2/h3-8H,1-2H3,(H,18,19)(H,20,21). The minimum atomic E-state index is -0.266. The molecular formula is C16H14ClN3O2. The van der Waals surface area contributed by atoms with Crippen molar-refractivity contribution in [1.82, 2.24) is 9.97 Å². The highest BCUT2D eigenvalue weighted by Crippen LogP contribution is 2.28. The normalized spacial score (nSPS) is 10.7. The topological polar surface area (TPSA) is 67.0 Å². The number of aryl methyl sites for hydroxylation is 1. The van der Waals surface area contributed by atoms with Crippen LogP contribution in [0.15, 0.2) is 36.4 Å². The number of anilines is 1. The van der Waals surface area contributed by atoms with Crippen LogP contribution in [0, 0.1) is 6.92 Å². The van der Waals surface area contributed by atoms with Crippen LogP contribution in [0.1, 0.15) is 16.2 Å². The van der Waals surface area contributed by atoms with E-state index < -0.39 is 0 Å². The van der Waals surface area contributed by atoms with Crippen LogP contribution in [0.4, 0.5) is 5.69 Å². The van der Waals surface area contributed by atoms with Gasteiger partial charge in [0.2, 0.25) is 0 Å². The van der Waals surface area contributed by atoms with E-state index in [9.17, 15) is 4.79 Å². The summed E-state index contributed by atoms with van der Waals surface area (Å²) in [6.07, 6.45) is 0. The second-order valence-electron chi connectivity index (χ2n) is 4.82. The molecule has 6 heteroatoms. The monoisotopic (exact) mass is 315 g/mol. The van der Waals surface area contributed by atoms with E-state index in [-0.39, 0.29) is 5.91 Å². The summed E-state index contributed by atoms with van der Waals surface area (Å²) in [4.78, 5) is 20.0. The SMILES string of the molecule is COc1ccc(Cl)cc1NC(=O)c1cccc2[nH]c(C)nc12. The van der Waals surface area contributed by atoms with E-state index in [0.29, 0.717) is 27.5 Å². The lowest BCUT2D eigenvalue weighted by atomic mass is 10.1. The number of fused-ring (bicyclic) bond motifs is 1. The van der Waals surface area contributed by atoms with Crippen molar-refractivity contribution in [2.24, 2.45) is 0 Å². The number of halogens is 1. The van der Waals surface area contributed by atoms with Crippen molar-refractivity contribution in [2.45, 2.75) is 6.92 Å². The number of methoxy groups -OCH3 is 1. The molecule has 0 saturated carbocycles. The number of imidazole rings is 1. The van der Waals surface area contributed by atoms with Crippen LogP contribution >= 0.6 is 11.6 Å². The van der Waals surface area contributed by atoms with Crippen LogP contribution in [-0.2, 0) is 0 Å². The number of H-pyrrole nitrogens is 1. The summed E-state index contributed by atoms with van der Waals surface area (Å²) in [5.74, 6) is 1.04. The number of hydrogen-bond donors (Lipinski definition) is 2. The molecule has 1 amide bonds. The van der Waals surface area contributed by atoms with Crippen molar-refractivity contribution in [1.29, 1.82) is 0 Å². The fraction of sp³-hybridized carbons (Fsp3) is 0.125. The molecule has 1 heterocycles. The predicted molar refractivity (Wildman–Crippen MR) is 86.8 cm³/mol. The molecule has 112 valence electrons. The summed E-state index contributed by atoms with van der Waals surface area (Å²) < 4.78 is 5.23. The van der Waals surface area contributed by atoms with Gasteiger partial charge in [-0.25, -0.2) is 4.98 Å². The number of ether oxygens (including phenoxy) is 1. The predicted octanol–water partition coefficient (Wildman–Crippen LogP) is 3.79. The number of carbonyl (C=O) groups excluding carboxylic acids is 1.